The van der Waals surface area contributed by atoms with Gasteiger partial charge in [0.15, 0.2) is 11.6 Å². The Morgan fingerprint density at radius 3 is 2.23 bits per heavy atom. The number of thiazole rings is 1. The predicted octanol–water partition coefficient (Wildman–Crippen LogP) is 8.17. The van der Waals surface area contributed by atoms with Crippen molar-refractivity contribution in [2.75, 3.05) is 114 Å². The van der Waals surface area contributed by atoms with Crippen molar-refractivity contribution in [2.24, 2.45) is 11.3 Å². The molecular formula is C65H81F2N9O10S. The number of fused-ring (bicyclic) bond motifs is 1. The molecule has 3 atom stereocenters. The number of amides is 3. The summed E-state index contributed by atoms with van der Waals surface area (Å²) in [7, 11) is 0. The molecule has 466 valence electrons. The number of aromatic amines is 1. The molecule has 0 aliphatic carbocycles. The minimum absolute atomic E-state index is 0.00189. The fourth-order valence-electron chi connectivity index (χ4n) is 11.4. The molecule has 3 aliphatic heterocycles. The number of carbonyl (C=O) groups is 5. The van der Waals surface area contributed by atoms with Crippen molar-refractivity contribution in [1.82, 2.24) is 30.3 Å². The normalized spacial score (nSPS) is 17.2. The fourth-order valence-corrected chi connectivity index (χ4v) is 12.2. The van der Waals surface area contributed by atoms with Gasteiger partial charge >= 0.3 is 0 Å². The molecule has 5 heterocycles. The lowest BCUT2D eigenvalue weighted by atomic mass is 9.76. The number of ketones is 2. The first-order chi connectivity index (χ1) is 41.9. The highest BCUT2D eigenvalue weighted by Gasteiger charge is 2.44. The molecule has 9 rings (SSSR count). The summed E-state index contributed by atoms with van der Waals surface area (Å²) in [6.45, 7) is 14.0. The van der Waals surface area contributed by atoms with Crippen LogP contribution in [-0.2, 0) is 51.0 Å². The summed E-state index contributed by atoms with van der Waals surface area (Å²) in [5, 5.41) is 28.2. The number of hydrogen-bond acceptors (Lipinski definition) is 16. The number of H-pyrrole nitrogens is 1. The fraction of sp³-hybridized carbons (Fsp3) is 0.492. The zero-order valence-electron chi connectivity index (χ0n) is 50.2. The van der Waals surface area contributed by atoms with Gasteiger partial charge in [0.05, 0.1) is 85.5 Å². The van der Waals surface area contributed by atoms with E-state index in [1.807, 2.05) is 93.9 Å². The van der Waals surface area contributed by atoms with Gasteiger partial charge in [-0.25, -0.2) is 13.8 Å². The number of β-amino-alcohol motifs (C(OH)–C–C–N with tert-alkyl or cyclic N) is 1. The van der Waals surface area contributed by atoms with Crippen molar-refractivity contribution in [3.63, 3.8) is 0 Å². The highest BCUT2D eigenvalue weighted by atomic mass is 32.1. The van der Waals surface area contributed by atoms with Crippen molar-refractivity contribution < 1.29 is 56.8 Å². The number of halogens is 2. The molecule has 2 aromatic heterocycles. The molecule has 3 aliphatic rings. The number of rotatable bonds is 29. The maximum Gasteiger partial charge on any atom is 0.258 e. The van der Waals surface area contributed by atoms with Gasteiger partial charge in [0, 0.05) is 113 Å². The first-order valence-corrected chi connectivity index (χ1v) is 31.0. The Labute approximate surface area is 510 Å². The predicted molar refractivity (Wildman–Crippen MR) is 330 cm³/mol. The summed E-state index contributed by atoms with van der Waals surface area (Å²) in [5.74, 6) is -2.58. The topological polar surface area (TPSA) is 230 Å². The number of likely N-dealkylation sites (tertiary alicyclic amines) is 1. The quantitative estimate of drug-likeness (QED) is 0.0279. The molecule has 0 spiro atoms. The molecule has 0 bridgehead atoms. The van der Waals surface area contributed by atoms with Crippen LogP contribution in [0.3, 0.4) is 0 Å². The van der Waals surface area contributed by atoms with Crippen LogP contribution in [0.1, 0.15) is 92.0 Å². The molecule has 6 aromatic rings. The molecule has 87 heavy (non-hydrogen) atoms. The molecule has 19 nitrogen and oxygen atoms in total. The Morgan fingerprint density at radius 1 is 0.828 bits per heavy atom. The van der Waals surface area contributed by atoms with Gasteiger partial charge in [-0.3, -0.25) is 34.0 Å². The van der Waals surface area contributed by atoms with E-state index in [1.165, 1.54) is 17.0 Å². The monoisotopic (exact) mass is 1220 g/mol. The van der Waals surface area contributed by atoms with Gasteiger partial charge in [0.2, 0.25) is 11.8 Å². The molecule has 0 unspecified atom stereocenters. The number of aliphatic hydroxyl groups excluding tert-OH is 1. The summed E-state index contributed by atoms with van der Waals surface area (Å²) in [6, 6.07) is 22.2. The number of carbonyl (C=O) groups excluding carboxylic acids is 5. The maximum absolute atomic E-state index is 14.1. The average Bonchev–Trinajstić information content (AvgIpc) is 3.42. The van der Waals surface area contributed by atoms with Crippen molar-refractivity contribution in [3.8, 4) is 10.4 Å². The Bertz CT molecular complexity index is 3280. The molecule has 0 saturated carbocycles. The first-order valence-electron chi connectivity index (χ1n) is 30.1. The molecule has 3 fully saturated rings. The van der Waals surface area contributed by atoms with Gasteiger partial charge in [0.1, 0.15) is 17.4 Å². The number of piperazine rings is 1. The number of ether oxygens (including phenoxy) is 4. The van der Waals surface area contributed by atoms with Crippen molar-refractivity contribution in [3.05, 3.63) is 124 Å². The van der Waals surface area contributed by atoms with E-state index in [9.17, 15) is 37.9 Å². The highest BCUT2D eigenvalue weighted by Crippen LogP contribution is 2.35. The van der Waals surface area contributed by atoms with Gasteiger partial charge in [-0.1, -0.05) is 51.1 Å². The molecule has 3 amide bonds. The summed E-state index contributed by atoms with van der Waals surface area (Å²) in [4.78, 5) is 79.2. The van der Waals surface area contributed by atoms with E-state index in [1.54, 1.807) is 11.3 Å². The van der Waals surface area contributed by atoms with E-state index in [2.05, 4.69) is 40.9 Å². The zero-order chi connectivity index (χ0) is 61.5. The number of aromatic nitrogens is 3. The number of aryl methyl sites for hydroxylation is 2. The number of anilines is 3. The number of Topliss-reactive ketones (excluding diaryl/α,β-unsaturated/α-hetero) is 2. The lowest BCUT2D eigenvalue weighted by Gasteiger charge is -2.36. The van der Waals surface area contributed by atoms with E-state index < -0.39 is 35.1 Å². The third-order valence-corrected chi connectivity index (χ3v) is 17.3. The van der Waals surface area contributed by atoms with Crippen LogP contribution in [0.4, 0.5) is 26.0 Å². The number of hydrogen-bond donors (Lipinski definition) is 5. The van der Waals surface area contributed by atoms with E-state index >= 15 is 0 Å². The second kappa shape index (κ2) is 30.7. The van der Waals surface area contributed by atoms with Crippen LogP contribution in [0.5, 0.6) is 0 Å². The Morgan fingerprint density at radius 2 is 1.53 bits per heavy atom. The van der Waals surface area contributed by atoms with Crippen molar-refractivity contribution in [2.45, 2.75) is 97.2 Å². The average molecular weight is 1220 g/mol. The standard InChI is InChI=1S/C65H81F2N9O10S/c1-42-61(87-41-69-42)46-9-5-43(6-10-46)8-14-59(79)58-38-52(78)39-76(58)64(82)55(65(2,3)4)37-51(77)17-25-84-27-29-86-30-28-85-26-18-68-60(80)40-74-19-21-75(22-20-74)50-11-12-53(57(36-50)70-49-15-23-83-24-16-49)63(81)71-62-54-34-44(7-13-56(54)72-73-62)31-45-32-47(66)35-48(67)33-45/h5-7,9-13,32-36,41,49,52,55,58,70,78H,8,14-31,37-40H2,1-4H3,(H,68,80)(H2,71,72,73,81)/t52-,55-,58+/m1/s1. The minimum atomic E-state index is -0.814. The summed E-state index contributed by atoms with van der Waals surface area (Å²) >= 11 is 1.59. The molecular weight excluding hydrogens is 1140 g/mol. The van der Waals surface area contributed by atoms with E-state index in [0.29, 0.717) is 119 Å². The molecule has 3 saturated heterocycles. The molecule has 5 N–H and O–H groups in total. The van der Waals surface area contributed by atoms with Crippen molar-refractivity contribution in [1.29, 1.82) is 0 Å². The number of aliphatic hydroxyl groups is 1. The largest absolute Gasteiger partial charge is 0.391 e. The van der Waals surface area contributed by atoms with E-state index in [-0.39, 0.29) is 87.3 Å². The summed E-state index contributed by atoms with van der Waals surface area (Å²) in [5.41, 5.74) is 8.39. The Kier molecular flexibility index (Phi) is 22.8. The van der Waals surface area contributed by atoms with Gasteiger partial charge in [0.25, 0.3) is 5.91 Å². The van der Waals surface area contributed by atoms with Gasteiger partial charge in [-0.15, -0.1) is 11.3 Å². The van der Waals surface area contributed by atoms with Crippen LogP contribution in [0.25, 0.3) is 21.3 Å². The summed E-state index contributed by atoms with van der Waals surface area (Å²) < 4.78 is 50.5. The molecule has 4 aromatic carbocycles. The molecule has 22 heteroatoms. The third kappa shape index (κ3) is 18.3. The SMILES string of the molecule is Cc1ncsc1-c1ccc(CCC(=O)[C@@H]2C[C@@H](O)CN2C(=O)[C@@H](CC(=O)CCOCCOCCOCCNC(=O)CN2CCN(c3ccc(C(=O)Nc4n[nH]c5ccc(Cc6cc(F)cc(F)c6)cc45)c(NC4CCOCC4)c3)CC2)C(C)(C)C)cc1. The lowest BCUT2D eigenvalue weighted by molar-refractivity contribution is -0.146. The van der Waals surface area contributed by atoms with Crippen LogP contribution in [0, 0.1) is 29.9 Å². The van der Waals surface area contributed by atoms with Crippen LogP contribution < -0.4 is 20.9 Å². The lowest BCUT2D eigenvalue weighted by Crippen LogP contribution is -2.49. The van der Waals surface area contributed by atoms with E-state index in [0.717, 1.165) is 51.9 Å². The van der Waals surface area contributed by atoms with Gasteiger partial charge < -0.3 is 49.8 Å². The van der Waals surface area contributed by atoms with Gasteiger partial charge in [-0.05, 0) is 103 Å². The Hall–Kier alpha value is -7.05. The minimum Gasteiger partial charge on any atom is -0.391 e. The third-order valence-electron chi connectivity index (χ3n) is 16.3. The van der Waals surface area contributed by atoms with Crippen LogP contribution in [0.2, 0.25) is 0 Å². The van der Waals surface area contributed by atoms with Crippen LogP contribution >= 0.6 is 11.3 Å². The number of nitrogens with one attached hydrogen (secondary N) is 4. The first kappa shape index (κ1) is 64.4. The van der Waals surface area contributed by atoms with Crippen LogP contribution in [0.15, 0.2) is 84.4 Å². The summed E-state index contributed by atoms with van der Waals surface area (Å²) in [6.07, 6.45) is 2.11. The molecule has 0 radical (unpaired) electrons. The van der Waals surface area contributed by atoms with Crippen molar-refractivity contribution >= 4 is 68.7 Å². The highest BCUT2D eigenvalue weighted by molar-refractivity contribution is 7.13. The van der Waals surface area contributed by atoms with E-state index in [4.69, 9.17) is 18.9 Å². The second-order valence-corrected chi connectivity index (χ2v) is 24.7. The number of nitrogens with zero attached hydrogens (tertiary/aromatic N) is 5. The zero-order valence-corrected chi connectivity index (χ0v) is 51.0. The van der Waals surface area contributed by atoms with Gasteiger partial charge in [-0.2, -0.15) is 5.10 Å². The van der Waals surface area contributed by atoms with Crippen LogP contribution in [-0.4, -0.2) is 176 Å². The number of benzene rings is 4. The second-order valence-electron chi connectivity index (χ2n) is 23.8. The smallest absolute Gasteiger partial charge is 0.258 e. The maximum atomic E-state index is 14.1. The Balaban J connectivity index is 0.633.